The second-order valence-electron chi connectivity index (χ2n) is 3.45. The van der Waals surface area contributed by atoms with Gasteiger partial charge in [0.15, 0.2) is 0 Å². The number of hydrogen-bond acceptors (Lipinski definition) is 4. The van der Waals surface area contributed by atoms with Crippen LogP contribution in [0.15, 0.2) is 0 Å². The zero-order chi connectivity index (χ0) is 9.26. The molecule has 1 amide bonds. The fourth-order valence-electron chi connectivity index (χ4n) is 1.29. The van der Waals surface area contributed by atoms with E-state index < -0.39 is 12.2 Å². The van der Waals surface area contributed by atoms with Crippen LogP contribution in [0.3, 0.4) is 0 Å². The average Bonchev–Trinajstić information content (AvgIpc) is 2.44. The van der Waals surface area contributed by atoms with Gasteiger partial charge in [0.05, 0.1) is 6.54 Å². The van der Waals surface area contributed by atoms with Crippen molar-refractivity contribution >= 4 is 6.09 Å². The van der Waals surface area contributed by atoms with Gasteiger partial charge in [-0.15, -0.1) is 0 Å². The minimum atomic E-state index is -0.575. The first-order valence-electron chi connectivity index (χ1n) is 4.55. The zero-order valence-electron chi connectivity index (χ0n) is 7.31. The van der Waals surface area contributed by atoms with Crippen LogP contribution in [-0.4, -0.2) is 41.6 Å². The number of hydrogen-bond donors (Lipinski definition) is 1. The second-order valence-corrected chi connectivity index (χ2v) is 3.45. The summed E-state index contributed by atoms with van der Waals surface area (Å²) in [5, 5.41) is 10.2. The first kappa shape index (κ1) is 8.77. The van der Waals surface area contributed by atoms with Gasteiger partial charge in [0, 0.05) is 0 Å². The molecule has 74 valence electrons. The molecule has 0 aromatic heterocycles. The molecule has 1 N–H and O–H groups in total. The molecule has 1 atom stereocenters. The van der Waals surface area contributed by atoms with E-state index in [-0.39, 0.29) is 19.3 Å². The first-order valence-corrected chi connectivity index (χ1v) is 4.55. The summed E-state index contributed by atoms with van der Waals surface area (Å²) in [6.07, 6.45) is 2.04. The standard InChI is InChI=1S/C8H13NO4/c10-6-4-9(12-5-6)8(11)13-7-2-1-3-7/h6-7,10H,1-5H2/t6-/m1/s1. The third-order valence-electron chi connectivity index (χ3n) is 2.32. The van der Waals surface area contributed by atoms with Crippen molar-refractivity contribution in [2.75, 3.05) is 13.2 Å². The molecular formula is C8H13NO4. The minimum Gasteiger partial charge on any atom is -0.445 e. The molecule has 13 heavy (non-hydrogen) atoms. The van der Waals surface area contributed by atoms with E-state index >= 15 is 0 Å². The van der Waals surface area contributed by atoms with Crippen LogP contribution in [-0.2, 0) is 9.57 Å². The van der Waals surface area contributed by atoms with Crippen LogP contribution < -0.4 is 0 Å². The highest BCUT2D eigenvalue weighted by Crippen LogP contribution is 2.23. The number of aliphatic hydroxyl groups excluding tert-OH is 1. The van der Waals surface area contributed by atoms with Gasteiger partial charge in [0.2, 0.25) is 0 Å². The molecule has 0 aromatic carbocycles. The van der Waals surface area contributed by atoms with Crippen molar-refractivity contribution < 1.29 is 19.5 Å². The van der Waals surface area contributed by atoms with E-state index in [9.17, 15) is 4.79 Å². The Bertz CT molecular complexity index is 204. The van der Waals surface area contributed by atoms with Crippen molar-refractivity contribution in [1.29, 1.82) is 0 Å². The molecule has 1 saturated carbocycles. The van der Waals surface area contributed by atoms with Gasteiger partial charge in [0.25, 0.3) is 0 Å². The van der Waals surface area contributed by atoms with E-state index in [0.717, 1.165) is 24.3 Å². The van der Waals surface area contributed by atoms with Crippen LogP contribution >= 0.6 is 0 Å². The molecule has 1 heterocycles. The summed E-state index contributed by atoms with van der Waals surface area (Å²) in [5.41, 5.74) is 0. The van der Waals surface area contributed by atoms with Crippen molar-refractivity contribution in [2.24, 2.45) is 0 Å². The lowest BCUT2D eigenvalue weighted by Crippen LogP contribution is -2.34. The van der Waals surface area contributed by atoms with Crippen LogP contribution in [0.5, 0.6) is 0 Å². The summed E-state index contributed by atoms with van der Waals surface area (Å²) in [4.78, 5) is 16.2. The Morgan fingerprint density at radius 2 is 2.31 bits per heavy atom. The van der Waals surface area contributed by atoms with Crippen LogP contribution in [0.2, 0.25) is 0 Å². The molecule has 2 aliphatic rings. The Morgan fingerprint density at radius 1 is 1.54 bits per heavy atom. The predicted molar refractivity (Wildman–Crippen MR) is 42.8 cm³/mol. The largest absolute Gasteiger partial charge is 0.445 e. The van der Waals surface area contributed by atoms with Crippen molar-refractivity contribution in [3.8, 4) is 0 Å². The molecule has 1 saturated heterocycles. The number of carbonyl (C=O) groups excluding carboxylic acids is 1. The van der Waals surface area contributed by atoms with Crippen molar-refractivity contribution in [2.45, 2.75) is 31.5 Å². The number of aliphatic hydroxyl groups is 1. The average molecular weight is 187 g/mol. The van der Waals surface area contributed by atoms with E-state index in [2.05, 4.69) is 0 Å². The summed E-state index contributed by atoms with van der Waals surface area (Å²) >= 11 is 0. The summed E-state index contributed by atoms with van der Waals surface area (Å²) in [5.74, 6) is 0. The minimum absolute atomic E-state index is 0.0637. The lowest BCUT2D eigenvalue weighted by molar-refractivity contribution is -0.105. The number of amides is 1. The van der Waals surface area contributed by atoms with Gasteiger partial charge < -0.3 is 9.84 Å². The van der Waals surface area contributed by atoms with E-state index in [0.29, 0.717) is 0 Å². The number of ether oxygens (including phenoxy) is 1. The highest BCUT2D eigenvalue weighted by atomic mass is 16.7. The lowest BCUT2D eigenvalue weighted by Gasteiger charge is -2.26. The maximum atomic E-state index is 11.3. The highest BCUT2D eigenvalue weighted by Gasteiger charge is 2.30. The summed E-state index contributed by atoms with van der Waals surface area (Å²) in [6, 6.07) is 0. The van der Waals surface area contributed by atoms with Crippen molar-refractivity contribution in [3.05, 3.63) is 0 Å². The highest BCUT2D eigenvalue weighted by molar-refractivity contribution is 5.66. The quantitative estimate of drug-likeness (QED) is 0.640. The van der Waals surface area contributed by atoms with Crippen molar-refractivity contribution in [1.82, 2.24) is 5.06 Å². The Hall–Kier alpha value is -0.810. The molecule has 0 radical (unpaired) electrons. The molecule has 0 aromatic rings. The maximum absolute atomic E-state index is 11.3. The second kappa shape index (κ2) is 3.51. The third kappa shape index (κ3) is 1.92. The molecule has 5 nitrogen and oxygen atoms in total. The molecular weight excluding hydrogens is 174 g/mol. The Labute approximate surface area is 76.2 Å². The fraction of sp³-hybridized carbons (Fsp3) is 0.875. The molecule has 2 fully saturated rings. The van der Waals surface area contributed by atoms with Crippen molar-refractivity contribution in [3.63, 3.8) is 0 Å². The van der Waals surface area contributed by atoms with Gasteiger partial charge >= 0.3 is 6.09 Å². The predicted octanol–water partition coefficient (Wildman–Crippen LogP) is 0.284. The molecule has 0 bridgehead atoms. The first-order chi connectivity index (χ1) is 6.25. The number of rotatable bonds is 1. The topological polar surface area (TPSA) is 59.0 Å². The third-order valence-corrected chi connectivity index (χ3v) is 2.32. The molecule has 1 aliphatic carbocycles. The van der Waals surface area contributed by atoms with Gasteiger partial charge in [-0.3, -0.25) is 4.84 Å². The molecule has 1 aliphatic heterocycles. The van der Waals surface area contributed by atoms with Gasteiger partial charge in [-0.25, -0.2) is 4.79 Å². The van der Waals surface area contributed by atoms with E-state index in [1.165, 1.54) is 0 Å². The Balaban J connectivity index is 1.76. The van der Waals surface area contributed by atoms with Gasteiger partial charge in [-0.05, 0) is 19.3 Å². The van der Waals surface area contributed by atoms with Gasteiger partial charge in [-0.2, -0.15) is 5.06 Å². The SMILES string of the molecule is O=C(OC1CCC1)N1C[C@@H](O)CO1. The normalized spacial score (nSPS) is 28.7. The number of β-amino-alcohol motifs (C(OH)–C–C–N with tert-alkyl or cyclic N) is 1. The Kier molecular flexibility index (Phi) is 2.37. The number of carbonyl (C=O) groups is 1. The van der Waals surface area contributed by atoms with Gasteiger partial charge in [-0.1, -0.05) is 0 Å². The fourth-order valence-corrected chi connectivity index (χ4v) is 1.29. The van der Waals surface area contributed by atoms with Gasteiger partial charge in [0.1, 0.15) is 18.8 Å². The van der Waals surface area contributed by atoms with Crippen LogP contribution in [0.1, 0.15) is 19.3 Å². The molecule has 5 heteroatoms. The monoisotopic (exact) mass is 187 g/mol. The summed E-state index contributed by atoms with van der Waals surface area (Å²) < 4.78 is 5.07. The molecule has 0 spiro atoms. The molecule has 2 rings (SSSR count). The molecule has 0 unspecified atom stereocenters. The Morgan fingerprint density at radius 3 is 2.77 bits per heavy atom. The zero-order valence-corrected chi connectivity index (χ0v) is 7.31. The summed E-state index contributed by atoms with van der Waals surface area (Å²) in [6.45, 7) is 0.394. The maximum Gasteiger partial charge on any atom is 0.434 e. The van der Waals surface area contributed by atoms with E-state index in [1.54, 1.807) is 0 Å². The number of hydroxylamine groups is 2. The van der Waals surface area contributed by atoms with Crippen LogP contribution in [0.25, 0.3) is 0 Å². The number of nitrogens with zero attached hydrogens (tertiary/aromatic N) is 1. The smallest absolute Gasteiger partial charge is 0.434 e. The van der Waals surface area contributed by atoms with E-state index in [4.69, 9.17) is 14.7 Å². The van der Waals surface area contributed by atoms with E-state index in [1.807, 2.05) is 0 Å². The summed E-state index contributed by atoms with van der Waals surface area (Å²) in [7, 11) is 0. The lowest BCUT2D eigenvalue weighted by atomic mass is 9.96. The van der Waals surface area contributed by atoms with Crippen LogP contribution in [0, 0.1) is 0 Å². The van der Waals surface area contributed by atoms with Crippen LogP contribution in [0.4, 0.5) is 4.79 Å².